The second kappa shape index (κ2) is 10.1. The lowest BCUT2D eigenvalue weighted by atomic mass is 9.90. The molecule has 0 atom stereocenters. The largest absolute Gasteiger partial charge is 0.256 e. The van der Waals surface area contributed by atoms with Gasteiger partial charge in [-0.25, -0.2) is 4.98 Å². The van der Waals surface area contributed by atoms with Gasteiger partial charge < -0.3 is 0 Å². The Labute approximate surface area is 244 Å². The van der Waals surface area contributed by atoms with E-state index in [9.17, 15) is 0 Å². The lowest BCUT2D eigenvalue weighted by Crippen LogP contribution is -1.93. The molecule has 2 nitrogen and oxygen atoms in total. The molecular weight excluding hydrogens is 508 g/mol. The van der Waals surface area contributed by atoms with Crippen molar-refractivity contribution in [2.45, 2.75) is 0 Å². The molecule has 0 amide bonds. The van der Waals surface area contributed by atoms with E-state index in [0.717, 1.165) is 49.6 Å². The smallest absolute Gasteiger partial charge is 0.0794 e. The number of para-hydroxylation sites is 1. The van der Waals surface area contributed by atoms with Gasteiger partial charge >= 0.3 is 0 Å². The number of benzene rings is 6. The minimum atomic E-state index is 0.980. The minimum absolute atomic E-state index is 0.980. The summed E-state index contributed by atoms with van der Waals surface area (Å²) < 4.78 is 0. The van der Waals surface area contributed by atoms with E-state index in [1.54, 1.807) is 0 Å². The number of hydrogen-bond donors (Lipinski definition) is 0. The summed E-state index contributed by atoms with van der Waals surface area (Å²) in [5, 5.41) is 4.65. The van der Waals surface area contributed by atoms with Crippen LogP contribution >= 0.6 is 0 Å². The van der Waals surface area contributed by atoms with E-state index >= 15 is 0 Å². The highest BCUT2D eigenvalue weighted by molar-refractivity contribution is 6.16. The average molecular weight is 535 g/mol. The monoisotopic (exact) mass is 534 g/mol. The van der Waals surface area contributed by atoms with Gasteiger partial charge in [0.05, 0.1) is 16.7 Å². The molecule has 8 rings (SSSR count). The van der Waals surface area contributed by atoms with E-state index in [1.165, 1.54) is 27.6 Å². The fourth-order valence-electron chi connectivity index (χ4n) is 5.98. The summed E-state index contributed by atoms with van der Waals surface area (Å²) in [4.78, 5) is 9.94. The number of pyridine rings is 2. The Morgan fingerprint density at radius 1 is 0.381 bits per heavy atom. The molecule has 0 aliphatic carbocycles. The summed E-state index contributed by atoms with van der Waals surface area (Å²) in [6, 6.07) is 53.6. The quantitative estimate of drug-likeness (QED) is 0.210. The first-order valence-corrected chi connectivity index (χ1v) is 14.2. The molecule has 0 fully saturated rings. The Bertz CT molecular complexity index is 2220. The van der Waals surface area contributed by atoms with Gasteiger partial charge in [-0.15, -0.1) is 0 Å². The van der Waals surface area contributed by atoms with E-state index in [0.29, 0.717) is 0 Å². The summed E-state index contributed by atoms with van der Waals surface area (Å²) >= 11 is 0. The van der Waals surface area contributed by atoms with Crippen molar-refractivity contribution < 1.29 is 0 Å². The maximum absolute atomic E-state index is 5.27. The van der Waals surface area contributed by atoms with Crippen molar-refractivity contribution >= 4 is 32.6 Å². The third-order valence-corrected chi connectivity index (χ3v) is 8.09. The highest BCUT2D eigenvalue weighted by atomic mass is 14.7. The molecule has 196 valence electrons. The summed E-state index contributed by atoms with van der Waals surface area (Å²) in [5.74, 6) is 0. The fourth-order valence-corrected chi connectivity index (χ4v) is 5.98. The molecule has 0 aliphatic rings. The maximum atomic E-state index is 5.27. The zero-order valence-corrected chi connectivity index (χ0v) is 22.9. The first kappa shape index (κ1) is 24.2. The third kappa shape index (κ3) is 4.22. The van der Waals surface area contributed by atoms with E-state index in [4.69, 9.17) is 4.98 Å². The Balaban J connectivity index is 1.33. The number of fused-ring (bicyclic) bond motifs is 4. The van der Waals surface area contributed by atoms with Crippen LogP contribution in [0.2, 0.25) is 0 Å². The Kier molecular flexibility index (Phi) is 5.82. The average Bonchev–Trinajstić information content (AvgIpc) is 3.08. The van der Waals surface area contributed by atoms with Gasteiger partial charge in [-0.2, -0.15) is 0 Å². The normalized spacial score (nSPS) is 11.3. The van der Waals surface area contributed by atoms with Crippen LogP contribution in [0.3, 0.4) is 0 Å². The second-order valence-corrected chi connectivity index (χ2v) is 10.6. The van der Waals surface area contributed by atoms with E-state index < -0.39 is 0 Å². The maximum Gasteiger partial charge on any atom is 0.0794 e. The molecule has 6 aromatic carbocycles. The topological polar surface area (TPSA) is 25.8 Å². The molecule has 0 N–H and O–H groups in total. The SMILES string of the molecule is c1ccc(-c2cc(-c3ccccc3)c3cc(-c4ccc(-c5cnc6ccccc6c5)cc4)c4ccccc4c3n2)cc1. The Hall–Kier alpha value is -5.60. The van der Waals surface area contributed by atoms with Crippen LogP contribution in [-0.4, -0.2) is 9.97 Å². The molecule has 0 aliphatic heterocycles. The van der Waals surface area contributed by atoms with Crippen LogP contribution in [0.4, 0.5) is 0 Å². The van der Waals surface area contributed by atoms with Gasteiger partial charge in [-0.3, -0.25) is 4.98 Å². The van der Waals surface area contributed by atoms with Crippen molar-refractivity contribution in [2.24, 2.45) is 0 Å². The summed E-state index contributed by atoms with van der Waals surface area (Å²) in [6.45, 7) is 0. The molecule has 0 spiro atoms. The van der Waals surface area contributed by atoms with Crippen molar-refractivity contribution in [3.63, 3.8) is 0 Å². The third-order valence-electron chi connectivity index (χ3n) is 8.09. The minimum Gasteiger partial charge on any atom is -0.256 e. The van der Waals surface area contributed by atoms with Gasteiger partial charge in [0, 0.05) is 33.5 Å². The van der Waals surface area contributed by atoms with Crippen molar-refractivity contribution in [1.82, 2.24) is 9.97 Å². The van der Waals surface area contributed by atoms with Gasteiger partial charge in [0.15, 0.2) is 0 Å². The Morgan fingerprint density at radius 2 is 0.976 bits per heavy atom. The zero-order valence-electron chi connectivity index (χ0n) is 22.9. The molecule has 0 bridgehead atoms. The van der Waals surface area contributed by atoms with Crippen LogP contribution in [0.5, 0.6) is 0 Å². The predicted octanol–water partition coefficient (Wildman–Crippen LogP) is 10.6. The lowest BCUT2D eigenvalue weighted by Gasteiger charge is -2.16. The number of rotatable bonds is 4. The standard InChI is InChI=1S/C40H26N2/c1-3-11-28(12-4-1)36-25-39(30-13-5-2-6-14-30)42-40-34-17-9-8-16-33(34)35(24-37(36)40)29-21-19-27(20-22-29)32-23-31-15-7-10-18-38(31)41-26-32/h1-26H. The van der Waals surface area contributed by atoms with Crippen LogP contribution < -0.4 is 0 Å². The first-order valence-electron chi connectivity index (χ1n) is 14.2. The molecule has 0 radical (unpaired) electrons. The van der Waals surface area contributed by atoms with Crippen LogP contribution in [0.25, 0.3) is 77.2 Å². The van der Waals surface area contributed by atoms with Gasteiger partial charge in [0.1, 0.15) is 0 Å². The van der Waals surface area contributed by atoms with E-state index in [1.807, 2.05) is 18.3 Å². The van der Waals surface area contributed by atoms with Crippen molar-refractivity contribution in [1.29, 1.82) is 0 Å². The molecule has 2 heteroatoms. The molecule has 0 saturated heterocycles. The molecule has 2 aromatic heterocycles. The van der Waals surface area contributed by atoms with Crippen LogP contribution in [0.1, 0.15) is 0 Å². The van der Waals surface area contributed by atoms with E-state index in [-0.39, 0.29) is 0 Å². The fraction of sp³-hybridized carbons (Fsp3) is 0. The molecule has 0 saturated carbocycles. The molecule has 0 unspecified atom stereocenters. The summed E-state index contributed by atoms with van der Waals surface area (Å²) in [6.07, 6.45) is 1.96. The Morgan fingerprint density at radius 3 is 1.76 bits per heavy atom. The van der Waals surface area contributed by atoms with Gasteiger partial charge in [0.25, 0.3) is 0 Å². The molecular formula is C40H26N2. The van der Waals surface area contributed by atoms with Crippen LogP contribution in [0, 0.1) is 0 Å². The number of nitrogens with zero attached hydrogens (tertiary/aromatic N) is 2. The number of aromatic nitrogens is 2. The predicted molar refractivity (Wildman–Crippen MR) is 176 cm³/mol. The van der Waals surface area contributed by atoms with Gasteiger partial charge in [-0.05, 0) is 57.5 Å². The summed E-state index contributed by atoms with van der Waals surface area (Å²) in [7, 11) is 0. The van der Waals surface area contributed by atoms with E-state index in [2.05, 4.69) is 145 Å². The van der Waals surface area contributed by atoms with Gasteiger partial charge in [0.2, 0.25) is 0 Å². The van der Waals surface area contributed by atoms with Crippen molar-refractivity contribution in [3.8, 4) is 44.6 Å². The lowest BCUT2D eigenvalue weighted by molar-refractivity contribution is 1.41. The van der Waals surface area contributed by atoms with Crippen LogP contribution in [0.15, 0.2) is 158 Å². The molecule has 8 aromatic rings. The second-order valence-electron chi connectivity index (χ2n) is 10.6. The first-order chi connectivity index (χ1) is 20.8. The highest BCUT2D eigenvalue weighted by Gasteiger charge is 2.16. The van der Waals surface area contributed by atoms with Gasteiger partial charge in [-0.1, -0.05) is 127 Å². The van der Waals surface area contributed by atoms with Crippen molar-refractivity contribution in [3.05, 3.63) is 158 Å². The van der Waals surface area contributed by atoms with Crippen molar-refractivity contribution in [2.75, 3.05) is 0 Å². The van der Waals surface area contributed by atoms with Crippen LogP contribution in [-0.2, 0) is 0 Å². The molecule has 42 heavy (non-hydrogen) atoms. The molecule has 2 heterocycles. The number of hydrogen-bond acceptors (Lipinski definition) is 2. The zero-order chi connectivity index (χ0) is 27.9. The highest BCUT2D eigenvalue weighted by Crippen LogP contribution is 2.40. The summed E-state index contributed by atoms with van der Waals surface area (Å²) in [5.41, 5.74) is 11.1.